The number of rotatable bonds is 0. The van der Waals surface area contributed by atoms with E-state index >= 15 is 0 Å². The van der Waals surface area contributed by atoms with E-state index in [1.165, 1.54) is 25.9 Å². The Balaban J connectivity index is 0.000000291. The lowest BCUT2D eigenvalue weighted by atomic mass is 10.0. The summed E-state index contributed by atoms with van der Waals surface area (Å²) < 4.78 is 10.0. The van der Waals surface area contributed by atoms with Crippen LogP contribution in [0.2, 0.25) is 0 Å². The van der Waals surface area contributed by atoms with E-state index in [1.807, 2.05) is 0 Å². The molecule has 0 bridgehead atoms. The van der Waals surface area contributed by atoms with Crippen molar-refractivity contribution in [2.45, 2.75) is 19.8 Å². The predicted octanol–water partition coefficient (Wildman–Crippen LogP) is 1.25. The molecule has 1 aliphatic heterocycles. The van der Waals surface area contributed by atoms with Crippen LogP contribution in [0.3, 0.4) is 0 Å². The zero-order chi connectivity index (χ0) is 7.11. The summed E-state index contributed by atoms with van der Waals surface area (Å²) in [7, 11) is 0. The van der Waals surface area contributed by atoms with Gasteiger partial charge in [-0.3, -0.25) is 0 Å². The first-order valence-corrected chi connectivity index (χ1v) is 3.10. The van der Waals surface area contributed by atoms with Crippen molar-refractivity contribution in [1.82, 2.24) is 5.32 Å². The molecule has 0 atom stereocenters. The van der Waals surface area contributed by atoms with Gasteiger partial charge in [-0.05, 0) is 31.8 Å². The van der Waals surface area contributed by atoms with Crippen molar-refractivity contribution in [3.63, 3.8) is 0 Å². The maximum Gasteiger partial charge on any atom is 0 e. The molecule has 0 radical (unpaired) electrons. The third kappa shape index (κ3) is 1.48. The average molecular weight is 105 g/mol. The van der Waals surface area contributed by atoms with Gasteiger partial charge in [-0.25, -0.2) is 0 Å². The van der Waals surface area contributed by atoms with Crippen LogP contribution in [0.25, 0.3) is 0 Å². The molecular formula is C6H15N. The van der Waals surface area contributed by atoms with Crippen LogP contribution in [0.15, 0.2) is 0 Å². The highest BCUT2D eigenvalue weighted by molar-refractivity contribution is 4.62. The largest absolute Gasteiger partial charge is 0.317 e. The Kier molecular flexibility index (Phi) is 1.29. The van der Waals surface area contributed by atoms with E-state index in [2.05, 4.69) is 12.2 Å². The lowest BCUT2D eigenvalue weighted by Crippen LogP contribution is -2.26. The Morgan fingerprint density at radius 3 is 2.43 bits per heavy atom. The second kappa shape index (κ2) is 2.31. The molecule has 0 aromatic heterocycles. The van der Waals surface area contributed by atoms with E-state index in [9.17, 15) is 0 Å². The zero-order valence-electron chi connectivity index (χ0n) is 6.91. The number of nitrogens with one attached hydrogen (secondary N) is 1. The van der Waals surface area contributed by atoms with E-state index in [4.69, 9.17) is 2.97 Å². The van der Waals surface area contributed by atoms with E-state index in [1.54, 1.807) is 0 Å². The lowest BCUT2D eigenvalue weighted by Gasteiger charge is -2.17. The fourth-order valence-electron chi connectivity index (χ4n) is 0.966. The van der Waals surface area contributed by atoms with Crippen LogP contribution < -0.4 is 5.32 Å². The van der Waals surface area contributed by atoms with E-state index in [-0.39, 0.29) is 0 Å². The molecular weight excluding hydrogens is 86.1 g/mol. The van der Waals surface area contributed by atoms with Crippen molar-refractivity contribution < 1.29 is 2.97 Å². The van der Waals surface area contributed by atoms with Gasteiger partial charge in [0.15, 0.2) is 0 Å². The van der Waals surface area contributed by atoms with Crippen LogP contribution in [0, 0.1) is 5.92 Å². The molecule has 1 heteroatoms. The van der Waals surface area contributed by atoms with Crippen molar-refractivity contribution in [2.24, 2.45) is 5.92 Å². The molecule has 0 saturated carbocycles. The highest BCUT2D eigenvalue weighted by Gasteiger charge is 2.04. The maximum atomic E-state index is 5.00. The monoisotopic (exact) mass is 105 g/mol. The zero-order valence-corrected chi connectivity index (χ0v) is 4.91. The molecule has 0 aromatic carbocycles. The van der Waals surface area contributed by atoms with E-state index in [0.29, 0.717) is 0 Å². The molecule has 1 aliphatic rings. The van der Waals surface area contributed by atoms with E-state index in [0.717, 1.165) is 5.92 Å². The minimum Gasteiger partial charge on any atom is -0.317 e. The Bertz CT molecular complexity index is 53.0. The second-order valence-electron chi connectivity index (χ2n) is 2.43. The summed E-state index contributed by atoms with van der Waals surface area (Å²) >= 11 is 0. The summed E-state index contributed by atoms with van der Waals surface area (Å²) in [6.07, 6.45) is 2.75. The molecule has 0 spiro atoms. The average Bonchev–Trinajstić information content (AvgIpc) is 1.94. The van der Waals surface area contributed by atoms with Crippen LogP contribution in [0.5, 0.6) is 0 Å². The molecule has 1 N–H and O–H groups in total. The molecule has 0 aromatic rings. The first-order valence-electron chi connectivity index (χ1n) is 4.10. The van der Waals surface area contributed by atoms with Crippen LogP contribution in [0.1, 0.15) is 22.7 Å². The Labute approximate surface area is 48.2 Å². The van der Waals surface area contributed by atoms with Crippen LogP contribution >= 0.6 is 0 Å². The van der Waals surface area contributed by atoms with Crippen molar-refractivity contribution in [3.05, 3.63) is 0 Å². The topological polar surface area (TPSA) is 12.0 Å². The fourth-order valence-corrected chi connectivity index (χ4v) is 0.966. The SMILES string of the molecule is CC1CCNCC1.[3H][3H]. The standard InChI is InChI=1S/C6H13N.H2/c1-6-2-4-7-5-3-6;/h6-7H,2-5H2,1H3;1H/i;1+2T. The van der Waals surface area contributed by atoms with Gasteiger partial charge in [-0.15, -0.1) is 0 Å². The predicted molar refractivity (Wildman–Crippen MR) is 33.4 cm³/mol. The van der Waals surface area contributed by atoms with Gasteiger partial charge in [0.1, 0.15) is 0 Å². The number of piperidine rings is 1. The molecule has 1 saturated heterocycles. The van der Waals surface area contributed by atoms with Gasteiger partial charge in [0.05, 0.1) is 0 Å². The van der Waals surface area contributed by atoms with Crippen LogP contribution in [0.4, 0.5) is 0 Å². The molecule has 0 unspecified atom stereocenters. The van der Waals surface area contributed by atoms with Gasteiger partial charge in [0.25, 0.3) is 0 Å². The lowest BCUT2D eigenvalue weighted by molar-refractivity contribution is 0.402. The number of hydrogen-bond donors (Lipinski definition) is 1. The summed E-state index contributed by atoms with van der Waals surface area (Å²) in [5.74, 6) is 0.973. The molecule has 1 rings (SSSR count). The summed E-state index contributed by atoms with van der Waals surface area (Å²) in [4.78, 5) is 0. The molecule has 0 amide bonds. The first kappa shape index (κ1) is 3.90. The summed E-state index contributed by atoms with van der Waals surface area (Å²) in [6, 6.07) is 0. The molecule has 44 valence electrons. The van der Waals surface area contributed by atoms with Gasteiger partial charge >= 0.3 is 0 Å². The smallest absolute Gasteiger partial charge is 0 e. The molecule has 7 heavy (non-hydrogen) atoms. The van der Waals surface area contributed by atoms with Gasteiger partial charge in [0, 0.05) is 2.97 Å². The summed E-state index contributed by atoms with van der Waals surface area (Å²) in [5, 5.41) is 3.32. The minimum atomic E-state index is 0.973. The highest BCUT2D eigenvalue weighted by Crippen LogP contribution is 2.08. The van der Waals surface area contributed by atoms with Gasteiger partial charge in [-0.2, -0.15) is 0 Å². The van der Waals surface area contributed by atoms with Gasteiger partial charge in [0.2, 0.25) is 0 Å². The molecule has 1 fully saturated rings. The Hall–Kier alpha value is -0.0400. The van der Waals surface area contributed by atoms with Gasteiger partial charge in [-0.1, -0.05) is 6.92 Å². The van der Waals surface area contributed by atoms with E-state index < -0.39 is 0 Å². The normalized spacial score (nSPS) is 26.4. The third-order valence-corrected chi connectivity index (χ3v) is 1.63. The summed E-state index contributed by atoms with van der Waals surface area (Å²) in [6.45, 7) is 4.79. The minimum absolute atomic E-state index is 0.973. The maximum absolute atomic E-state index is 5.00. The molecule has 1 nitrogen and oxygen atoms in total. The fraction of sp³-hybridized carbons (Fsp3) is 1.00. The molecule has 1 heterocycles. The van der Waals surface area contributed by atoms with Crippen LogP contribution in [-0.2, 0) is 0 Å². The van der Waals surface area contributed by atoms with Gasteiger partial charge < -0.3 is 5.32 Å². The first-order chi connectivity index (χ1) is 4.39. The quantitative estimate of drug-likeness (QED) is 0.489. The van der Waals surface area contributed by atoms with Crippen molar-refractivity contribution in [3.8, 4) is 0 Å². The molecule has 0 aliphatic carbocycles. The Morgan fingerprint density at radius 1 is 1.57 bits per heavy atom. The highest BCUT2D eigenvalue weighted by atomic mass is 14.9. The van der Waals surface area contributed by atoms with Crippen molar-refractivity contribution >= 4 is 0 Å². The van der Waals surface area contributed by atoms with Crippen molar-refractivity contribution in [2.75, 3.05) is 13.1 Å². The third-order valence-electron chi connectivity index (χ3n) is 1.63. The van der Waals surface area contributed by atoms with Crippen LogP contribution in [-0.4, -0.2) is 13.1 Å². The van der Waals surface area contributed by atoms with Crippen molar-refractivity contribution in [1.29, 1.82) is 0 Å². The second-order valence-corrected chi connectivity index (χ2v) is 2.43. The summed E-state index contributed by atoms with van der Waals surface area (Å²) in [5.41, 5.74) is 0. The Morgan fingerprint density at radius 2 is 2.14 bits per heavy atom. The number of hydrogen-bond acceptors (Lipinski definition) is 1.